The van der Waals surface area contributed by atoms with E-state index in [0.29, 0.717) is 43.9 Å². The van der Waals surface area contributed by atoms with E-state index in [-0.39, 0.29) is 17.7 Å². The first kappa shape index (κ1) is 18.8. The number of aromatic amines is 1. The van der Waals surface area contributed by atoms with Gasteiger partial charge in [-0.3, -0.25) is 19.3 Å². The summed E-state index contributed by atoms with van der Waals surface area (Å²) in [6.07, 6.45) is 0.365. The number of amides is 2. The number of H-pyrrole nitrogens is 1. The van der Waals surface area contributed by atoms with Crippen molar-refractivity contribution in [3.05, 3.63) is 22.3 Å². The highest BCUT2D eigenvalue weighted by Gasteiger charge is 2.25. The van der Waals surface area contributed by atoms with Crippen molar-refractivity contribution in [3.8, 4) is 10.7 Å². The van der Waals surface area contributed by atoms with Crippen molar-refractivity contribution in [3.63, 3.8) is 0 Å². The number of thiophene rings is 1. The molecule has 0 aliphatic carbocycles. The summed E-state index contributed by atoms with van der Waals surface area (Å²) in [6.45, 7) is 6.69. The smallest absolute Gasteiger partial charge is 0.225 e. The van der Waals surface area contributed by atoms with Gasteiger partial charge in [-0.05, 0) is 23.7 Å². The maximum Gasteiger partial charge on any atom is 0.225 e. The number of nitrogens with one attached hydrogen (secondary N) is 1. The van der Waals surface area contributed by atoms with Gasteiger partial charge in [0.05, 0.1) is 4.88 Å². The Morgan fingerprint density at radius 1 is 1.27 bits per heavy atom. The molecule has 140 valence electrons. The molecule has 0 bridgehead atoms. The van der Waals surface area contributed by atoms with Crippen molar-refractivity contribution in [2.45, 2.75) is 26.8 Å². The number of hydrogen-bond donors (Lipinski definition) is 1. The molecule has 0 saturated carbocycles. The third kappa shape index (κ3) is 4.04. The van der Waals surface area contributed by atoms with Crippen LogP contribution in [0.1, 0.15) is 20.3 Å². The van der Waals surface area contributed by atoms with Crippen LogP contribution in [0.4, 0.5) is 0 Å². The van der Waals surface area contributed by atoms with Gasteiger partial charge in [0.2, 0.25) is 11.8 Å². The summed E-state index contributed by atoms with van der Waals surface area (Å²) in [5, 5.41) is 9.08. The summed E-state index contributed by atoms with van der Waals surface area (Å²) < 4.78 is 2.39. The van der Waals surface area contributed by atoms with Gasteiger partial charge in [-0.2, -0.15) is 5.10 Å². The SMILES string of the molecule is CC(C)C(=O)N1CCN(C(=O)CCn2c(-c3cccs3)n[nH]c2=S)CC1. The van der Waals surface area contributed by atoms with E-state index in [1.165, 1.54) is 0 Å². The van der Waals surface area contributed by atoms with Crippen molar-refractivity contribution in [1.82, 2.24) is 24.6 Å². The highest BCUT2D eigenvalue weighted by molar-refractivity contribution is 7.71. The first-order valence-corrected chi connectivity index (χ1v) is 10.0. The molecule has 1 N–H and O–H groups in total. The Morgan fingerprint density at radius 2 is 1.96 bits per heavy atom. The van der Waals surface area contributed by atoms with E-state index >= 15 is 0 Å². The van der Waals surface area contributed by atoms with E-state index in [0.717, 1.165) is 10.7 Å². The molecule has 2 aromatic heterocycles. The van der Waals surface area contributed by atoms with Crippen LogP contribution < -0.4 is 0 Å². The molecule has 2 aromatic rings. The van der Waals surface area contributed by atoms with Crippen LogP contribution in [-0.4, -0.2) is 62.6 Å². The third-order valence-corrected chi connectivity index (χ3v) is 5.66. The maximum atomic E-state index is 12.6. The molecule has 1 fully saturated rings. The van der Waals surface area contributed by atoms with E-state index in [9.17, 15) is 9.59 Å². The Kier molecular flexibility index (Phi) is 5.87. The van der Waals surface area contributed by atoms with E-state index in [1.54, 1.807) is 11.3 Å². The molecule has 0 atom stereocenters. The van der Waals surface area contributed by atoms with Crippen molar-refractivity contribution in [1.29, 1.82) is 0 Å². The van der Waals surface area contributed by atoms with Gasteiger partial charge in [0.1, 0.15) is 0 Å². The van der Waals surface area contributed by atoms with Gasteiger partial charge in [-0.1, -0.05) is 19.9 Å². The van der Waals surface area contributed by atoms with Crippen LogP contribution in [0.2, 0.25) is 0 Å². The minimum atomic E-state index is -0.00381. The maximum absolute atomic E-state index is 12.6. The fraction of sp³-hybridized carbons (Fsp3) is 0.529. The lowest BCUT2D eigenvalue weighted by molar-refractivity contribution is -0.141. The van der Waals surface area contributed by atoms with Crippen LogP contribution in [0, 0.1) is 10.7 Å². The van der Waals surface area contributed by atoms with Gasteiger partial charge in [0.15, 0.2) is 10.6 Å². The number of carbonyl (C=O) groups is 2. The summed E-state index contributed by atoms with van der Waals surface area (Å²) in [4.78, 5) is 29.3. The molecule has 0 aromatic carbocycles. The fourth-order valence-corrected chi connectivity index (χ4v) is 3.97. The summed E-state index contributed by atoms with van der Waals surface area (Å²) >= 11 is 6.89. The van der Waals surface area contributed by atoms with Gasteiger partial charge >= 0.3 is 0 Å². The van der Waals surface area contributed by atoms with Gasteiger partial charge in [-0.15, -0.1) is 11.3 Å². The lowest BCUT2D eigenvalue weighted by atomic mass is 10.1. The molecule has 1 aliphatic rings. The molecular weight excluding hydrogens is 370 g/mol. The van der Waals surface area contributed by atoms with Crippen LogP contribution in [-0.2, 0) is 16.1 Å². The average Bonchev–Trinajstić information content (AvgIpc) is 3.28. The summed E-state index contributed by atoms with van der Waals surface area (Å²) in [7, 11) is 0. The van der Waals surface area contributed by atoms with Crippen molar-refractivity contribution in [2.75, 3.05) is 26.2 Å². The Balaban J connectivity index is 1.57. The number of nitrogens with zero attached hydrogens (tertiary/aromatic N) is 4. The van der Waals surface area contributed by atoms with Crippen molar-refractivity contribution >= 4 is 35.4 Å². The lowest BCUT2D eigenvalue weighted by Gasteiger charge is -2.35. The number of aromatic nitrogens is 3. The average molecular weight is 394 g/mol. The van der Waals surface area contributed by atoms with Crippen molar-refractivity contribution < 1.29 is 9.59 Å². The first-order valence-electron chi connectivity index (χ1n) is 8.73. The van der Waals surface area contributed by atoms with E-state index in [2.05, 4.69) is 10.2 Å². The monoisotopic (exact) mass is 393 g/mol. The normalized spacial score (nSPS) is 14.9. The lowest BCUT2D eigenvalue weighted by Crippen LogP contribution is -2.51. The Morgan fingerprint density at radius 3 is 2.58 bits per heavy atom. The van der Waals surface area contributed by atoms with Crippen LogP contribution >= 0.6 is 23.6 Å². The molecule has 0 unspecified atom stereocenters. The molecule has 1 saturated heterocycles. The van der Waals surface area contributed by atoms with Crippen LogP contribution in [0.5, 0.6) is 0 Å². The van der Waals surface area contributed by atoms with Gasteiger partial charge < -0.3 is 9.80 Å². The Bertz CT molecular complexity index is 817. The molecule has 3 heterocycles. The van der Waals surface area contributed by atoms with Crippen LogP contribution in [0.3, 0.4) is 0 Å². The Hall–Kier alpha value is -2.00. The van der Waals surface area contributed by atoms with E-state index in [1.807, 2.05) is 45.7 Å². The fourth-order valence-electron chi connectivity index (χ4n) is 3.03. The van der Waals surface area contributed by atoms with Crippen molar-refractivity contribution in [2.24, 2.45) is 5.92 Å². The summed E-state index contributed by atoms with van der Waals surface area (Å²) in [5.74, 6) is 1.00. The molecular formula is C17H23N5O2S2. The summed E-state index contributed by atoms with van der Waals surface area (Å²) in [6, 6.07) is 3.95. The highest BCUT2D eigenvalue weighted by atomic mass is 32.1. The third-order valence-electron chi connectivity index (χ3n) is 4.49. The number of piperazine rings is 1. The molecule has 26 heavy (non-hydrogen) atoms. The minimum Gasteiger partial charge on any atom is -0.339 e. The molecule has 7 nitrogen and oxygen atoms in total. The second kappa shape index (κ2) is 8.13. The zero-order chi connectivity index (χ0) is 18.7. The standard InChI is InChI=1S/C17H23N5O2S2/c1-12(2)16(24)21-9-7-20(8-10-21)14(23)5-6-22-15(18-19-17(22)25)13-4-3-11-26-13/h3-4,11-12H,5-10H2,1-2H3,(H,19,25). The highest BCUT2D eigenvalue weighted by Crippen LogP contribution is 2.23. The van der Waals surface area contributed by atoms with Crippen LogP contribution in [0.25, 0.3) is 10.7 Å². The van der Waals surface area contributed by atoms with E-state index in [4.69, 9.17) is 12.2 Å². The molecule has 3 rings (SSSR count). The molecule has 0 spiro atoms. The number of rotatable bonds is 5. The first-order chi connectivity index (χ1) is 12.5. The second-order valence-corrected chi connectivity index (χ2v) is 7.93. The quantitative estimate of drug-likeness (QED) is 0.792. The number of carbonyl (C=O) groups excluding carboxylic acids is 2. The van der Waals surface area contributed by atoms with E-state index < -0.39 is 0 Å². The Labute approximate surface area is 161 Å². The predicted octanol–water partition coefficient (Wildman–Crippen LogP) is 2.39. The minimum absolute atomic E-state index is 0.00381. The molecule has 0 radical (unpaired) electrons. The van der Waals surface area contributed by atoms with Crippen LogP contribution in [0.15, 0.2) is 17.5 Å². The van der Waals surface area contributed by atoms with Gasteiger partial charge in [0, 0.05) is 45.1 Å². The largest absolute Gasteiger partial charge is 0.339 e. The zero-order valence-corrected chi connectivity index (χ0v) is 16.6. The van der Waals surface area contributed by atoms with Gasteiger partial charge in [0.25, 0.3) is 0 Å². The predicted molar refractivity (Wildman–Crippen MR) is 103 cm³/mol. The topological polar surface area (TPSA) is 74.2 Å². The zero-order valence-electron chi connectivity index (χ0n) is 15.0. The summed E-state index contributed by atoms with van der Waals surface area (Å²) in [5.41, 5.74) is 0. The molecule has 2 amide bonds. The molecule has 1 aliphatic heterocycles. The van der Waals surface area contributed by atoms with Gasteiger partial charge in [-0.25, -0.2) is 0 Å². The second-order valence-electron chi connectivity index (χ2n) is 6.59. The molecule has 9 heteroatoms. The number of hydrogen-bond acceptors (Lipinski definition) is 5.